The SMILES string of the molecule is CN(CC(=O)O)C1CCCN(C(=O)CCc2ccc(Cl)cc2)CC1. The lowest BCUT2D eigenvalue weighted by Gasteiger charge is -2.25. The number of likely N-dealkylation sites (tertiary alicyclic amines) is 1. The normalized spacial score (nSPS) is 18.5. The number of hydrogen-bond acceptors (Lipinski definition) is 3. The van der Waals surface area contributed by atoms with Crippen molar-refractivity contribution in [2.45, 2.75) is 38.1 Å². The minimum Gasteiger partial charge on any atom is -0.480 e. The van der Waals surface area contributed by atoms with E-state index in [2.05, 4.69) is 0 Å². The first-order valence-corrected chi connectivity index (χ1v) is 8.78. The van der Waals surface area contributed by atoms with E-state index in [0.717, 1.165) is 37.8 Å². The van der Waals surface area contributed by atoms with Gasteiger partial charge in [-0.05, 0) is 50.4 Å². The molecule has 0 radical (unpaired) electrons. The Morgan fingerprint density at radius 2 is 1.96 bits per heavy atom. The van der Waals surface area contributed by atoms with Crippen LogP contribution in [0, 0.1) is 0 Å². The highest BCUT2D eigenvalue weighted by Gasteiger charge is 2.23. The summed E-state index contributed by atoms with van der Waals surface area (Å²) in [6.07, 6.45) is 3.90. The van der Waals surface area contributed by atoms with Crippen LogP contribution in [0.1, 0.15) is 31.2 Å². The molecule has 1 fully saturated rings. The molecule has 1 aromatic rings. The van der Waals surface area contributed by atoms with Crippen molar-refractivity contribution >= 4 is 23.5 Å². The van der Waals surface area contributed by atoms with Gasteiger partial charge in [-0.25, -0.2) is 0 Å². The van der Waals surface area contributed by atoms with Gasteiger partial charge in [0.05, 0.1) is 6.54 Å². The maximum Gasteiger partial charge on any atom is 0.317 e. The van der Waals surface area contributed by atoms with E-state index in [9.17, 15) is 9.59 Å². The summed E-state index contributed by atoms with van der Waals surface area (Å²) in [5.41, 5.74) is 1.11. The zero-order valence-corrected chi connectivity index (χ0v) is 14.8. The Balaban J connectivity index is 1.81. The molecule has 132 valence electrons. The number of aliphatic carboxylic acids is 1. The zero-order valence-electron chi connectivity index (χ0n) is 14.1. The Labute approximate surface area is 148 Å². The molecule has 0 bridgehead atoms. The third-order valence-electron chi connectivity index (χ3n) is 4.60. The Morgan fingerprint density at radius 1 is 1.25 bits per heavy atom. The van der Waals surface area contributed by atoms with Gasteiger partial charge in [0.15, 0.2) is 0 Å². The molecular weight excluding hydrogens is 328 g/mol. The molecule has 0 aromatic heterocycles. The number of rotatable bonds is 6. The second-order valence-corrected chi connectivity index (χ2v) is 6.84. The van der Waals surface area contributed by atoms with Crippen molar-refractivity contribution in [2.24, 2.45) is 0 Å². The molecule has 1 aliphatic heterocycles. The number of amides is 1. The van der Waals surface area contributed by atoms with Crippen molar-refractivity contribution in [2.75, 3.05) is 26.7 Å². The van der Waals surface area contributed by atoms with Gasteiger partial charge >= 0.3 is 5.97 Å². The predicted molar refractivity (Wildman–Crippen MR) is 94.3 cm³/mol. The number of carboxylic acids is 1. The van der Waals surface area contributed by atoms with E-state index in [1.807, 2.05) is 41.1 Å². The predicted octanol–water partition coefficient (Wildman–Crippen LogP) is 2.67. The fraction of sp³-hybridized carbons (Fsp3) is 0.556. The molecule has 1 heterocycles. The van der Waals surface area contributed by atoms with Crippen LogP contribution in [0.5, 0.6) is 0 Å². The van der Waals surface area contributed by atoms with E-state index in [-0.39, 0.29) is 18.5 Å². The second kappa shape index (κ2) is 9.04. The first-order chi connectivity index (χ1) is 11.5. The third kappa shape index (κ3) is 5.80. The van der Waals surface area contributed by atoms with Crippen LogP contribution in [0.4, 0.5) is 0 Å². The van der Waals surface area contributed by atoms with E-state index in [0.29, 0.717) is 18.0 Å². The number of benzene rings is 1. The van der Waals surface area contributed by atoms with Gasteiger partial charge in [-0.1, -0.05) is 23.7 Å². The smallest absolute Gasteiger partial charge is 0.317 e. The number of nitrogens with zero attached hydrogens (tertiary/aromatic N) is 2. The summed E-state index contributed by atoms with van der Waals surface area (Å²) in [4.78, 5) is 27.1. The summed E-state index contributed by atoms with van der Waals surface area (Å²) in [5.74, 6) is -0.635. The Hall–Kier alpha value is -1.59. The van der Waals surface area contributed by atoms with Gasteiger partial charge in [-0.15, -0.1) is 0 Å². The molecule has 1 aliphatic rings. The molecule has 0 spiro atoms. The first kappa shape index (κ1) is 18.7. The Kier molecular flexibility index (Phi) is 7.06. The fourth-order valence-electron chi connectivity index (χ4n) is 3.17. The standard InChI is InChI=1S/C18H25ClN2O3/c1-20(13-18(23)24)16-3-2-11-21(12-10-16)17(22)9-6-14-4-7-15(19)8-5-14/h4-5,7-8,16H,2-3,6,9-13H2,1H3,(H,23,24). The molecule has 1 atom stereocenters. The van der Waals surface area contributed by atoms with E-state index in [1.165, 1.54) is 0 Å². The minimum absolute atomic E-state index is 0.0508. The van der Waals surface area contributed by atoms with Crippen molar-refractivity contribution in [3.63, 3.8) is 0 Å². The molecule has 0 aliphatic carbocycles. The molecule has 1 aromatic carbocycles. The number of aryl methyl sites for hydroxylation is 1. The van der Waals surface area contributed by atoms with Gasteiger partial charge < -0.3 is 10.0 Å². The summed E-state index contributed by atoms with van der Waals surface area (Å²) in [5, 5.41) is 9.61. The van der Waals surface area contributed by atoms with Crippen LogP contribution in [0.3, 0.4) is 0 Å². The van der Waals surface area contributed by atoms with E-state index in [1.54, 1.807) is 0 Å². The number of halogens is 1. The summed E-state index contributed by atoms with van der Waals surface area (Å²) < 4.78 is 0. The van der Waals surface area contributed by atoms with Crippen molar-refractivity contribution < 1.29 is 14.7 Å². The quantitative estimate of drug-likeness (QED) is 0.855. The van der Waals surface area contributed by atoms with Gasteiger partial charge in [-0.3, -0.25) is 14.5 Å². The highest BCUT2D eigenvalue weighted by atomic mass is 35.5. The lowest BCUT2D eigenvalue weighted by Crippen LogP contribution is -2.37. The first-order valence-electron chi connectivity index (χ1n) is 8.40. The molecule has 1 N–H and O–H groups in total. The van der Waals surface area contributed by atoms with Crippen LogP contribution in [0.15, 0.2) is 24.3 Å². The van der Waals surface area contributed by atoms with Crippen molar-refractivity contribution in [1.29, 1.82) is 0 Å². The summed E-state index contributed by atoms with van der Waals surface area (Å²) in [6, 6.07) is 7.83. The van der Waals surface area contributed by atoms with Crippen LogP contribution in [-0.4, -0.2) is 59.5 Å². The molecule has 1 saturated heterocycles. The highest BCUT2D eigenvalue weighted by Crippen LogP contribution is 2.17. The van der Waals surface area contributed by atoms with Crippen LogP contribution in [-0.2, 0) is 16.0 Å². The molecule has 1 unspecified atom stereocenters. The topological polar surface area (TPSA) is 60.9 Å². The van der Waals surface area contributed by atoms with Crippen molar-refractivity contribution in [3.8, 4) is 0 Å². The number of carbonyl (C=O) groups is 2. The molecule has 2 rings (SSSR count). The lowest BCUT2D eigenvalue weighted by molar-refractivity contribution is -0.138. The average molecular weight is 353 g/mol. The lowest BCUT2D eigenvalue weighted by atomic mass is 10.1. The Bertz CT molecular complexity index is 562. The van der Waals surface area contributed by atoms with Crippen LogP contribution >= 0.6 is 11.6 Å². The number of carboxylic acid groups (broad SMARTS) is 1. The highest BCUT2D eigenvalue weighted by molar-refractivity contribution is 6.30. The second-order valence-electron chi connectivity index (χ2n) is 6.40. The summed E-state index contributed by atoms with van der Waals surface area (Å²) in [7, 11) is 1.84. The van der Waals surface area contributed by atoms with Crippen molar-refractivity contribution in [3.05, 3.63) is 34.9 Å². The fourth-order valence-corrected chi connectivity index (χ4v) is 3.30. The van der Waals surface area contributed by atoms with Gasteiger partial charge in [-0.2, -0.15) is 0 Å². The number of carbonyl (C=O) groups excluding carboxylic acids is 1. The molecule has 5 nitrogen and oxygen atoms in total. The summed E-state index contributed by atoms with van der Waals surface area (Å²) in [6.45, 7) is 1.51. The van der Waals surface area contributed by atoms with Gasteiger partial charge in [0, 0.05) is 30.6 Å². The minimum atomic E-state index is -0.808. The zero-order chi connectivity index (χ0) is 17.5. The molecule has 24 heavy (non-hydrogen) atoms. The maximum atomic E-state index is 12.4. The van der Waals surface area contributed by atoms with E-state index in [4.69, 9.17) is 16.7 Å². The molecule has 0 saturated carbocycles. The maximum absolute atomic E-state index is 12.4. The van der Waals surface area contributed by atoms with Crippen LogP contribution < -0.4 is 0 Å². The molecule has 1 amide bonds. The van der Waals surface area contributed by atoms with E-state index < -0.39 is 5.97 Å². The summed E-state index contributed by atoms with van der Waals surface area (Å²) >= 11 is 5.87. The Morgan fingerprint density at radius 3 is 2.62 bits per heavy atom. The van der Waals surface area contributed by atoms with Crippen molar-refractivity contribution in [1.82, 2.24) is 9.80 Å². The third-order valence-corrected chi connectivity index (χ3v) is 4.85. The number of hydrogen-bond donors (Lipinski definition) is 1. The van der Waals surface area contributed by atoms with E-state index >= 15 is 0 Å². The van der Waals surface area contributed by atoms with Crippen LogP contribution in [0.25, 0.3) is 0 Å². The van der Waals surface area contributed by atoms with Crippen LogP contribution in [0.2, 0.25) is 5.02 Å². The molecular formula is C18H25ClN2O3. The molecule has 6 heteroatoms. The average Bonchev–Trinajstić information content (AvgIpc) is 2.79. The monoisotopic (exact) mass is 352 g/mol. The number of likely N-dealkylation sites (N-methyl/N-ethyl adjacent to an activating group) is 1. The van der Waals surface area contributed by atoms with Gasteiger partial charge in [0.25, 0.3) is 0 Å². The largest absolute Gasteiger partial charge is 0.480 e. The van der Waals surface area contributed by atoms with Gasteiger partial charge in [0.1, 0.15) is 0 Å². The van der Waals surface area contributed by atoms with Gasteiger partial charge in [0.2, 0.25) is 5.91 Å².